The van der Waals surface area contributed by atoms with Crippen molar-refractivity contribution in [3.63, 3.8) is 0 Å². The number of ether oxygens (including phenoxy) is 1. The summed E-state index contributed by atoms with van der Waals surface area (Å²) in [5.74, 6) is 1.26. The van der Waals surface area contributed by atoms with Gasteiger partial charge in [-0.15, -0.1) is 0 Å². The highest BCUT2D eigenvalue weighted by Gasteiger charge is 2.37. The maximum absolute atomic E-state index is 12.8. The normalized spacial score (nSPS) is 24.4. The average Bonchev–Trinajstić information content (AvgIpc) is 3.47. The van der Waals surface area contributed by atoms with Crippen LogP contribution >= 0.6 is 11.5 Å². The Morgan fingerprint density at radius 1 is 1.26 bits per heavy atom. The number of fused-ring (bicyclic) bond motifs is 1. The molecule has 11 heteroatoms. The van der Waals surface area contributed by atoms with Crippen molar-refractivity contribution < 1.29 is 13.2 Å². The Hall–Kier alpha value is -2.50. The summed E-state index contributed by atoms with van der Waals surface area (Å²) in [6.45, 7) is 3.82. The fourth-order valence-corrected chi connectivity index (χ4v) is 6.22. The molecule has 3 aromatic rings. The van der Waals surface area contributed by atoms with Gasteiger partial charge in [0.1, 0.15) is 12.1 Å². The molecule has 164 valence electrons. The van der Waals surface area contributed by atoms with Gasteiger partial charge < -0.3 is 4.74 Å². The number of piperidine rings is 1. The number of rotatable bonds is 5. The number of nitrogens with one attached hydrogen (secondary N) is 2. The van der Waals surface area contributed by atoms with Crippen LogP contribution < -0.4 is 9.46 Å². The first-order valence-electron chi connectivity index (χ1n) is 10.3. The van der Waals surface area contributed by atoms with E-state index in [9.17, 15) is 8.42 Å². The van der Waals surface area contributed by atoms with Gasteiger partial charge in [-0.2, -0.15) is 9.47 Å². The average molecular weight is 461 g/mol. The fourth-order valence-electron chi connectivity index (χ4n) is 4.55. The summed E-state index contributed by atoms with van der Waals surface area (Å²) in [5.41, 5.74) is 2.15. The van der Waals surface area contributed by atoms with Gasteiger partial charge in [-0.05, 0) is 37.4 Å². The summed E-state index contributed by atoms with van der Waals surface area (Å²) in [6, 6.07) is 7.60. The second-order valence-corrected chi connectivity index (χ2v) is 10.6. The minimum Gasteiger partial charge on any atom is -0.493 e. The van der Waals surface area contributed by atoms with E-state index in [0.29, 0.717) is 18.3 Å². The van der Waals surface area contributed by atoms with E-state index in [1.54, 1.807) is 18.3 Å². The molecule has 0 aliphatic carbocycles. The highest BCUT2D eigenvalue weighted by molar-refractivity contribution is 7.93. The molecule has 1 saturated heterocycles. The van der Waals surface area contributed by atoms with Crippen molar-refractivity contribution in [3.8, 4) is 5.75 Å². The second kappa shape index (κ2) is 8.21. The molecule has 31 heavy (non-hydrogen) atoms. The van der Waals surface area contributed by atoms with E-state index < -0.39 is 10.0 Å². The maximum Gasteiger partial charge on any atom is 0.263 e. The van der Waals surface area contributed by atoms with Crippen LogP contribution in [0.2, 0.25) is 0 Å². The second-order valence-electron chi connectivity index (χ2n) is 8.10. The topological polar surface area (TPSA) is 113 Å². The molecule has 2 aromatic heterocycles. The molecule has 1 aromatic carbocycles. The van der Waals surface area contributed by atoms with Gasteiger partial charge in [-0.1, -0.05) is 13.0 Å². The zero-order valence-corrected chi connectivity index (χ0v) is 18.7. The lowest BCUT2D eigenvalue weighted by atomic mass is 9.87. The number of likely N-dealkylation sites (tertiary alicyclic amines) is 1. The Labute approximate surface area is 185 Å². The van der Waals surface area contributed by atoms with Gasteiger partial charge in [-0.3, -0.25) is 14.7 Å². The molecular formula is C20H24N6O3S2. The number of anilines is 1. The van der Waals surface area contributed by atoms with Crippen LogP contribution in [0.25, 0.3) is 0 Å². The number of sulfonamides is 1. The Bertz CT molecular complexity index is 1130. The van der Waals surface area contributed by atoms with E-state index in [0.717, 1.165) is 48.6 Å². The van der Waals surface area contributed by atoms with E-state index in [2.05, 4.69) is 36.1 Å². The molecule has 0 bridgehead atoms. The van der Waals surface area contributed by atoms with E-state index in [4.69, 9.17) is 4.74 Å². The van der Waals surface area contributed by atoms with Crippen LogP contribution in [0.4, 0.5) is 5.13 Å². The Kier molecular flexibility index (Phi) is 5.40. The molecule has 1 fully saturated rings. The molecule has 3 atom stereocenters. The highest BCUT2D eigenvalue weighted by Crippen LogP contribution is 2.44. The molecular weight excluding hydrogens is 436 g/mol. The lowest BCUT2D eigenvalue weighted by Gasteiger charge is -2.44. The Balaban J connectivity index is 1.45. The summed E-state index contributed by atoms with van der Waals surface area (Å²) in [4.78, 5) is 6.57. The van der Waals surface area contributed by atoms with Crippen molar-refractivity contribution >= 4 is 26.7 Å². The van der Waals surface area contributed by atoms with E-state index in [1.165, 1.54) is 6.33 Å². The van der Waals surface area contributed by atoms with E-state index in [1.807, 2.05) is 12.1 Å². The minimum atomic E-state index is -3.76. The molecule has 0 amide bonds. The quantitative estimate of drug-likeness (QED) is 0.600. The minimum absolute atomic E-state index is 0.152. The molecule has 2 N–H and O–H groups in total. The third-order valence-electron chi connectivity index (χ3n) is 6.07. The van der Waals surface area contributed by atoms with Crippen LogP contribution in [0.1, 0.15) is 49.5 Å². The monoisotopic (exact) mass is 460 g/mol. The number of aromatic amines is 1. The first-order chi connectivity index (χ1) is 15.0. The predicted molar refractivity (Wildman–Crippen MR) is 116 cm³/mol. The maximum atomic E-state index is 12.8. The van der Waals surface area contributed by atoms with Gasteiger partial charge in [0, 0.05) is 41.8 Å². The Morgan fingerprint density at radius 3 is 2.94 bits per heavy atom. The number of hydrogen-bond donors (Lipinski definition) is 2. The summed E-state index contributed by atoms with van der Waals surface area (Å²) in [7, 11) is -3.76. The molecule has 9 nitrogen and oxygen atoms in total. The molecule has 2 aliphatic heterocycles. The highest BCUT2D eigenvalue weighted by atomic mass is 32.2. The zero-order valence-electron chi connectivity index (χ0n) is 17.1. The molecule has 0 saturated carbocycles. The largest absolute Gasteiger partial charge is 0.493 e. The third kappa shape index (κ3) is 4.04. The number of H-pyrrole nitrogens is 1. The van der Waals surface area contributed by atoms with Crippen molar-refractivity contribution in [1.82, 2.24) is 24.5 Å². The first-order valence-corrected chi connectivity index (χ1v) is 12.6. The standard InChI is InChI=1S/C20H24N6O3S2/c1-13-5-8-26(18(10-13)16-4-7-22-24-16)17-6-9-29-19-11-14(2-3-15(17)19)31(27,28)25-20-21-12-23-30-20/h2-4,7,11-13,17-18H,5-6,8-10H2,1H3,(H,22,24)(H,21,23,25)/t13-,17-,18+/m1/s1. The SMILES string of the molecule is C[C@@H]1CCN([C@@H]2CCOc3cc(S(=O)(=O)Nc4ncns4)ccc32)[C@H](c2ccn[nH]2)C1. The lowest BCUT2D eigenvalue weighted by molar-refractivity contribution is 0.0468. The number of benzene rings is 1. The predicted octanol–water partition coefficient (Wildman–Crippen LogP) is 3.36. The van der Waals surface area contributed by atoms with Crippen LogP contribution in [0.5, 0.6) is 5.75 Å². The van der Waals surface area contributed by atoms with Crippen LogP contribution in [-0.4, -0.2) is 46.0 Å². The van der Waals surface area contributed by atoms with Gasteiger partial charge >= 0.3 is 0 Å². The van der Waals surface area contributed by atoms with Crippen molar-refractivity contribution in [2.75, 3.05) is 17.9 Å². The van der Waals surface area contributed by atoms with E-state index >= 15 is 0 Å². The number of hydrogen-bond acceptors (Lipinski definition) is 8. The summed E-state index contributed by atoms with van der Waals surface area (Å²) in [6.07, 6.45) is 6.18. The number of nitrogens with zero attached hydrogens (tertiary/aromatic N) is 4. The van der Waals surface area contributed by atoms with Gasteiger partial charge in [0.25, 0.3) is 10.0 Å². The molecule has 0 spiro atoms. The summed E-state index contributed by atoms with van der Waals surface area (Å²) >= 11 is 0.994. The Morgan fingerprint density at radius 2 is 2.16 bits per heavy atom. The van der Waals surface area contributed by atoms with Crippen molar-refractivity contribution in [2.45, 2.75) is 43.2 Å². The van der Waals surface area contributed by atoms with Gasteiger partial charge in [0.2, 0.25) is 5.13 Å². The van der Waals surface area contributed by atoms with Crippen LogP contribution in [0.15, 0.2) is 41.7 Å². The van der Waals surface area contributed by atoms with Crippen molar-refractivity contribution in [1.29, 1.82) is 0 Å². The van der Waals surface area contributed by atoms with Gasteiger partial charge in [0.05, 0.1) is 23.2 Å². The zero-order chi connectivity index (χ0) is 21.4. The smallest absolute Gasteiger partial charge is 0.263 e. The molecule has 0 radical (unpaired) electrons. The molecule has 5 rings (SSSR count). The summed E-state index contributed by atoms with van der Waals surface area (Å²) in [5, 5.41) is 7.54. The van der Waals surface area contributed by atoms with Crippen molar-refractivity contribution in [3.05, 3.63) is 48.0 Å². The number of aromatic nitrogens is 4. The third-order valence-corrected chi connectivity index (χ3v) is 8.12. The van der Waals surface area contributed by atoms with E-state index in [-0.39, 0.29) is 22.1 Å². The van der Waals surface area contributed by atoms with Crippen LogP contribution in [0, 0.1) is 5.92 Å². The lowest BCUT2D eigenvalue weighted by Crippen LogP contribution is -2.41. The van der Waals surface area contributed by atoms with Crippen LogP contribution in [0.3, 0.4) is 0 Å². The van der Waals surface area contributed by atoms with Gasteiger partial charge in [-0.25, -0.2) is 13.4 Å². The first kappa shape index (κ1) is 20.4. The van der Waals surface area contributed by atoms with Crippen molar-refractivity contribution in [2.24, 2.45) is 5.92 Å². The fraction of sp³-hybridized carbons (Fsp3) is 0.450. The van der Waals surface area contributed by atoms with Gasteiger partial charge in [0.15, 0.2) is 0 Å². The molecule has 0 unspecified atom stereocenters. The summed E-state index contributed by atoms with van der Waals surface area (Å²) < 4.78 is 37.7. The molecule has 2 aliphatic rings. The molecule has 4 heterocycles. The van der Waals surface area contributed by atoms with Crippen LogP contribution in [-0.2, 0) is 10.0 Å².